The van der Waals surface area contributed by atoms with Gasteiger partial charge in [-0.25, -0.2) is 24.8 Å². The lowest BCUT2D eigenvalue weighted by atomic mass is 10.3. The van der Waals surface area contributed by atoms with E-state index in [2.05, 4.69) is 20.3 Å². The van der Waals surface area contributed by atoms with E-state index in [0.29, 0.717) is 33.9 Å². The topological polar surface area (TPSA) is 152 Å². The minimum Gasteiger partial charge on any atom is -0.338 e. The minimum absolute atomic E-state index is 0.0950. The number of aryl methyl sites for hydroxylation is 2. The molecule has 0 aliphatic rings. The Kier molecular flexibility index (Phi) is 10.0. The number of thiophene rings is 2. The predicted molar refractivity (Wildman–Crippen MR) is 205 cm³/mol. The van der Waals surface area contributed by atoms with E-state index in [-0.39, 0.29) is 21.6 Å². The zero-order chi connectivity index (χ0) is 36.6. The molecule has 0 aliphatic heterocycles. The average molecular weight is 779 g/mol. The van der Waals surface area contributed by atoms with Gasteiger partial charge in [-0.2, -0.15) is 0 Å². The Hall–Kier alpha value is -4.68. The largest absolute Gasteiger partial charge is 0.338 e. The highest BCUT2D eigenvalue weighted by Crippen LogP contribution is 2.41. The van der Waals surface area contributed by atoms with Crippen molar-refractivity contribution in [3.05, 3.63) is 116 Å². The van der Waals surface area contributed by atoms with Crippen molar-refractivity contribution in [1.29, 1.82) is 0 Å². The maximum absolute atomic E-state index is 14.9. The van der Waals surface area contributed by atoms with Crippen molar-refractivity contribution in [1.82, 2.24) is 10.3 Å². The lowest BCUT2D eigenvalue weighted by Gasteiger charge is -2.42. The fourth-order valence-corrected chi connectivity index (χ4v) is 16.1. The summed E-state index contributed by atoms with van der Waals surface area (Å²) in [5, 5.41) is 12.0. The summed E-state index contributed by atoms with van der Waals surface area (Å²) in [5.74, 6) is -0.201. The van der Waals surface area contributed by atoms with E-state index in [0.717, 1.165) is 17.7 Å². The van der Waals surface area contributed by atoms with E-state index >= 15 is 0 Å². The van der Waals surface area contributed by atoms with Gasteiger partial charge in [0.25, 0.3) is 28.4 Å². The van der Waals surface area contributed by atoms with Crippen LogP contribution in [0.3, 0.4) is 0 Å². The Labute approximate surface area is 305 Å². The fraction of sp³-hybridized carbons (Fsp3) is 0.176. The molecule has 0 fully saturated rings. The van der Waals surface area contributed by atoms with Gasteiger partial charge in [-0.05, 0) is 112 Å². The van der Waals surface area contributed by atoms with Gasteiger partial charge in [0, 0.05) is 33.3 Å². The number of hydrogen-bond acceptors (Lipinski definition) is 12. The Morgan fingerprint density at radius 2 is 1.00 bits per heavy atom. The quantitative estimate of drug-likeness (QED) is 0.0889. The third-order valence-corrected chi connectivity index (χ3v) is 19.3. The molecule has 264 valence electrons. The number of aliphatic imine (C=N–C) groups is 2. The number of sulfonamides is 2. The van der Waals surface area contributed by atoms with E-state index in [4.69, 9.17) is 9.05 Å². The summed E-state index contributed by atoms with van der Waals surface area (Å²) in [5.41, 5.74) is 2.86. The standard InChI is InChI=1S/C34H34N6O6S4Si/c1-23-25(3)37-45-33(23)39(49(41,42)31-15-11-27(12-16-31)35-21-29-9-7-19-47-29)51(5,6)40(34-24(2)26(4)38-46-34)50(43,44)32-17-13-28(14-18-32)36-22-30-10-8-20-48-30/h7-22H,1-6H3. The smallest absolute Gasteiger partial charge is 0.298 e. The van der Waals surface area contributed by atoms with Crippen molar-refractivity contribution < 1.29 is 25.9 Å². The van der Waals surface area contributed by atoms with Crippen LogP contribution in [0.5, 0.6) is 0 Å². The summed E-state index contributed by atoms with van der Waals surface area (Å²) in [7, 11) is -13.1. The molecule has 0 aliphatic carbocycles. The zero-order valence-corrected chi connectivity index (χ0v) is 32.8. The van der Waals surface area contributed by atoms with Crippen LogP contribution in [-0.4, -0.2) is 48.0 Å². The molecule has 0 saturated heterocycles. The van der Waals surface area contributed by atoms with Crippen LogP contribution in [0.2, 0.25) is 13.1 Å². The summed E-state index contributed by atoms with van der Waals surface area (Å²) in [6.07, 6.45) is 3.40. The van der Waals surface area contributed by atoms with Gasteiger partial charge in [-0.15, -0.1) is 22.7 Å². The van der Waals surface area contributed by atoms with E-state index in [1.807, 2.05) is 35.0 Å². The van der Waals surface area contributed by atoms with Crippen LogP contribution in [-0.2, 0) is 20.0 Å². The minimum atomic E-state index is -4.51. The van der Waals surface area contributed by atoms with Crippen molar-refractivity contribution in [2.75, 3.05) is 7.94 Å². The van der Waals surface area contributed by atoms with Gasteiger partial charge >= 0.3 is 0 Å². The first-order chi connectivity index (χ1) is 24.2. The van der Waals surface area contributed by atoms with Crippen LogP contribution in [0.1, 0.15) is 32.3 Å². The number of rotatable bonds is 12. The number of benzene rings is 2. The van der Waals surface area contributed by atoms with Crippen molar-refractivity contribution in [3.8, 4) is 0 Å². The summed E-state index contributed by atoms with van der Waals surface area (Å²) in [6, 6.07) is 19.8. The van der Waals surface area contributed by atoms with Crippen LogP contribution < -0.4 is 7.94 Å². The monoisotopic (exact) mass is 778 g/mol. The first kappa shape index (κ1) is 36.1. The summed E-state index contributed by atoms with van der Waals surface area (Å²) in [4.78, 5) is 10.6. The highest BCUT2D eigenvalue weighted by atomic mass is 32.2. The van der Waals surface area contributed by atoms with Crippen LogP contribution in [0, 0.1) is 27.7 Å². The fourth-order valence-electron chi connectivity index (χ4n) is 5.20. The van der Waals surface area contributed by atoms with Crippen LogP contribution in [0.15, 0.2) is 112 Å². The molecule has 0 N–H and O–H groups in total. The normalized spacial score (nSPS) is 12.7. The molecular formula is C34H34N6O6S4Si. The molecule has 0 atom stereocenters. The molecule has 12 nitrogen and oxygen atoms in total. The van der Waals surface area contributed by atoms with E-state index < -0.39 is 28.4 Å². The highest BCUT2D eigenvalue weighted by molar-refractivity contribution is 7.97. The van der Waals surface area contributed by atoms with Crippen LogP contribution in [0.4, 0.5) is 23.1 Å². The van der Waals surface area contributed by atoms with Gasteiger partial charge in [-0.1, -0.05) is 22.4 Å². The Morgan fingerprint density at radius 1 is 0.627 bits per heavy atom. The number of hydrogen-bond donors (Lipinski definition) is 0. The first-order valence-corrected chi connectivity index (χ1v) is 23.1. The van der Waals surface area contributed by atoms with Crippen molar-refractivity contribution in [3.63, 3.8) is 0 Å². The molecule has 0 bridgehead atoms. The summed E-state index contributed by atoms with van der Waals surface area (Å²) >= 11 is 3.06. The number of anilines is 2. The maximum atomic E-state index is 14.9. The second-order valence-corrected chi connectivity index (χ2v) is 22.0. The van der Waals surface area contributed by atoms with Gasteiger partial charge in [0.1, 0.15) is 0 Å². The Bertz CT molecular complexity index is 2250. The molecule has 2 aromatic carbocycles. The molecule has 51 heavy (non-hydrogen) atoms. The summed E-state index contributed by atoms with van der Waals surface area (Å²) < 4.78 is 72.9. The van der Waals surface area contributed by atoms with E-state index in [9.17, 15) is 16.8 Å². The highest BCUT2D eigenvalue weighted by Gasteiger charge is 2.54. The van der Waals surface area contributed by atoms with Gasteiger partial charge in [0.05, 0.1) is 32.6 Å². The lowest BCUT2D eigenvalue weighted by Crippen LogP contribution is -2.66. The lowest BCUT2D eigenvalue weighted by molar-refractivity contribution is 0.422. The van der Waals surface area contributed by atoms with Crippen LogP contribution >= 0.6 is 22.7 Å². The summed E-state index contributed by atoms with van der Waals surface area (Å²) in [6.45, 7) is 9.90. The molecule has 0 unspecified atom stereocenters. The molecule has 6 rings (SSSR count). The number of nitrogens with zero attached hydrogens (tertiary/aromatic N) is 6. The number of aromatic nitrogens is 2. The molecule has 17 heteroatoms. The van der Waals surface area contributed by atoms with Crippen LogP contribution in [0.25, 0.3) is 0 Å². The molecule has 6 aromatic rings. The van der Waals surface area contributed by atoms with Gasteiger partial charge in [0.2, 0.25) is 11.8 Å². The third kappa shape index (κ3) is 7.12. The Morgan fingerprint density at radius 3 is 1.29 bits per heavy atom. The molecule has 0 radical (unpaired) electrons. The van der Waals surface area contributed by atoms with Gasteiger partial charge in [0.15, 0.2) is 0 Å². The van der Waals surface area contributed by atoms with E-state index in [1.54, 1.807) is 77.5 Å². The molecular weight excluding hydrogens is 745 g/mol. The van der Waals surface area contributed by atoms with Crippen molar-refractivity contribution in [2.45, 2.75) is 50.6 Å². The average Bonchev–Trinajstić information content (AvgIpc) is 3.93. The molecule has 0 saturated carbocycles. The molecule has 0 amide bonds. The zero-order valence-electron chi connectivity index (χ0n) is 28.5. The van der Waals surface area contributed by atoms with Gasteiger partial charge < -0.3 is 9.05 Å². The molecule has 0 spiro atoms. The SMILES string of the molecule is Cc1noc(N([Si](C)(C)N(c2onc(C)c2C)S(=O)(=O)c2ccc(N=Cc3cccs3)cc2)S(=O)(=O)c2ccc(N=Cc3cccs3)cc2)c1C. The molecule has 4 heterocycles. The van der Waals surface area contributed by atoms with Gasteiger partial charge in [-0.3, -0.25) is 9.98 Å². The van der Waals surface area contributed by atoms with Crippen molar-refractivity contribution in [2.24, 2.45) is 9.98 Å². The van der Waals surface area contributed by atoms with Crippen molar-refractivity contribution >= 4 is 86.7 Å². The molecule has 4 aromatic heterocycles. The van der Waals surface area contributed by atoms with E-state index in [1.165, 1.54) is 46.9 Å². The Balaban J connectivity index is 1.47. The second kappa shape index (κ2) is 14.1. The second-order valence-electron chi connectivity index (χ2n) is 12.0. The predicted octanol–water partition coefficient (Wildman–Crippen LogP) is 8.31. The third-order valence-electron chi connectivity index (χ3n) is 8.15. The first-order valence-electron chi connectivity index (χ1n) is 15.5. The maximum Gasteiger partial charge on any atom is 0.298 e.